The SMILES string of the molecule is O=CN1CCN(C(=O)CN(c2ccc(F)c(Cl)c2)S(=O)(=O)c2ccccc2)CC1. The van der Waals surface area contributed by atoms with E-state index in [2.05, 4.69) is 0 Å². The van der Waals surface area contributed by atoms with E-state index in [4.69, 9.17) is 11.6 Å². The molecule has 0 aliphatic carbocycles. The number of amides is 2. The van der Waals surface area contributed by atoms with Crippen molar-refractivity contribution in [3.05, 3.63) is 59.4 Å². The zero-order chi connectivity index (χ0) is 21.0. The molecule has 29 heavy (non-hydrogen) atoms. The lowest BCUT2D eigenvalue weighted by atomic mass is 10.3. The van der Waals surface area contributed by atoms with Gasteiger partial charge in [0.05, 0.1) is 15.6 Å². The Bertz CT molecular complexity index is 996. The van der Waals surface area contributed by atoms with E-state index in [0.29, 0.717) is 32.6 Å². The Hall–Kier alpha value is -2.65. The summed E-state index contributed by atoms with van der Waals surface area (Å²) < 4.78 is 40.9. The van der Waals surface area contributed by atoms with E-state index in [9.17, 15) is 22.4 Å². The quantitative estimate of drug-likeness (QED) is 0.645. The zero-order valence-electron chi connectivity index (χ0n) is 15.4. The van der Waals surface area contributed by atoms with E-state index in [1.165, 1.54) is 29.2 Å². The molecule has 1 aliphatic rings. The highest BCUT2D eigenvalue weighted by Crippen LogP contribution is 2.28. The van der Waals surface area contributed by atoms with Crippen LogP contribution in [0.3, 0.4) is 0 Å². The molecule has 0 bridgehead atoms. The summed E-state index contributed by atoms with van der Waals surface area (Å²) in [5, 5.41) is -0.247. The average molecular weight is 440 g/mol. The van der Waals surface area contributed by atoms with Crippen molar-refractivity contribution in [2.24, 2.45) is 0 Å². The first-order valence-electron chi connectivity index (χ1n) is 8.83. The van der Waals surface area contributed by atoms with Gasteiger partial charge in [-0.1, -0.05) is 29.8 Å². The van der Waals surface area contributed by atoms with Gasteiger partial charge in [-0.25, -0.2) is 12.8 Å². The normalized spacial score (nSPS) is 14.6. The monoisotopic (exact) mass is 439 g/mol. The second kappa shape index (κ2) is 8.79. The number of carbonyl (C=O) groups is 2. The molecule has 1 fully saturated rings. The van der Waals surface area contributed by atoms with Gasteiger partial charge in [0.2, 0.25) is 12.3 Å². The molecule has 0 radical (unpaired) electrons. The van der Waals surface area contributed by atoms with Crippen molar-refractivity contribution in [2.75, 3.05) is 37.0 Å². The molecular formula is C19H19ClFN3O4S. The largest absolute Gasteiger partial charge is 0.342 e. The molecule has 0 saturated carbocycles. The lowest BCUT2D eigenvalue weighted by Gasteiger charge is -2.34. The summed E-state index contributed by atoms with van der Waals surface area (Å²) in [7, 11) is -4.09. The Morgan fingerprint density at radius 3 is 2.34 bits per heavy atom. The van der Waals surface area contributed by atoms with E-state index in [1.54, 1.807) is 23.1 Å². The van der Waals surface area contributed by atoms with E-state index in [-0.39, 0.29) is 15.6 Å². The number of benzene rings is 2. The van der Waals surface area contributed by atoms with Crippen LogP contribution < -0.4 is 4.31 Å². The van der Waals surface area contributed by atoms with E-state index in [0.717, 1.165) is 10.4 Å². The minimum absolute atomic E-state index is 0.000906. The van der Waals surface area contributed by atoms with Crippen LogP contribution >= 0.6 is 11.6 Å². The van der Waals surface area contributed by atoms with Crippen LogP contribution in [0.4, 0.5) is 10.1 Å². The van der Waals surface area contributed by atoms with Gasteiger partial charge in [0.25, 0.3) is 10.0 Å². The zero-order valence-corrected chi connectivity index (χ0v) is 16.9. The lowest BCUT2D eigenvalue weighted by molar-refractivity contribution is -0.133. The van der Waals surface area contributed by atoms with Crippen molar-refractivity contribution in [1.82, 2.24) is 9.80 Å². The van der Waals surface area contributed by atoms with Crippen LogP contribution in [-0.4, -0.2) is 63.3 Å². The third-order valence-electron chi connectivity index (χ3n) is 4.62. The number of hydrogen-bond donors (Lipinski definition) is 0. The van der Waals surface area contributed by atoms with Crippen LogP contribution in [0.25, 0.3) is 0 Å². The summed E-state index contributed by atoms with van der Waals surface area (Å²) in [5.74, 6) is -1.11. The third kappa shape index (κ3) is 4.68. The Balaban J connectivity index is 1.92. The van der Waals surface area contributed by atoms with Gasteiger partial charge < -0.3 is 9.80 Å². The fraction of sp³-hybridized carbons (Fsp3) is 0.263. The Morgan fingerprint density at radius 2 is 1.76 bits per heavy atom. The van der Waals surface area contributed by atoms with Gasteiger partial charge in [-0.05, 0) is 30.3 Å². The number of rotatable bonds is 6. The highest BCUT2D eigenvalue weighted by atomic mass is 35.5. The average Bonchev–Trinajstić information content (AvgIpc) is 2.74. The maximum atomic E-state index is 13.6. The van der Waals surface area contributed by atoms with Crippen LogP contribution in [0.2, 0.25) is 5.02 Å². The van der Waals surface area contributed by atoms with E-state index >= 15 is 0 Å². The van der Waals surface area contributed by atoms with Crippen molar-refractivity contribution in [3.8, 4) is 0 Å². The van der Waals surface area contributed by atoms with Gasteiger partial charge in [0.15, 0.2) is 0 Å². The maximum Gasteiger partial charge on any atom is 0.264 e. The van der Waals surface area contributed by atoms with Gasteiger partial charge in [-0.2, -0.15) is 0 Å². The topological polar surface area (TPSA) is 78.0 Å². The predicted octanol–water partition coefficient (Wildman–Crippen LogP) is 1.97. The highest BCUT2D eigenvalue weighted by Gasteiger charge is 2.30. The molecule has 0 aromatic heterocycles. The molecule has 0 N–H and O–H groups in total. The first-order valence-corrected chi connectivity index (χ1v) is 10.6. The standard InChI is InChI=1S/C19H19ClFN3O4S/c20-17-12-15(6-7-18(17)21)24(29(27,28)16-4-2-1-3-5-16)13-19(26)23-10-8-22(14-25)9-11-23/h1-7,12,14H,8-11,13H2. The number of hydrogen-bond acceptors (Lipinski definition) is 4. The molecule has 0 atom stereocenters. The van der Waals surface area contributed by atoms with Crippen molar-refractivity contribution in [1.29, 1.82) is 0 Å². The molecule has 1 saturated heterocycles. The molecule has 1 aliphatic heterocycles. The Kier molecular flexibility index (Phi) is 6.39. The van der Waals surface area contributed by atoms with Crippen molar-refractivity contribution >= 4 is 39.6 Å². The molecule has 0 spiro atoms. The first-order chi connectivity index (χ1) is 13.8. The van der Waals surface area contributed by atoms with Gasteiger partial charge in [-0.3, -0.25) is 13.9 Å². The first kappa shape index (κ1) is 21.1. The number of halogens is 2. The van der Waals surface area contributed by atoms with Crippen molar-refractivity contribution in [3.63, 3.8) is 0 Å². The molecule has 2 aromatic rings. The second-order valence-electron chi connectivity index (χ2n) is 6.45. The summed E-state index contributed by atoms with van der Waals surface area (Å²) in [4.78, 5) is 26.7. The molecule has 7 nitrogen and oxygen atoms in total. The summed E-state index contributed by atoms with van der Waals surface area (Å²) in [6, 6.07) is 11.1. The van der Waals surface area contributed by atoms with Crippen LogP contribution in [0.1, 0.15) is 0 Å². The van der Waals surface area contributed by atoms with Gasteiger partial charge in [0.1, 0.15) is 12.4 Å². The fourth-order valence-electron chi connectivity index (χ4n) is 2.97. The molecule has 10 heteroatoms. The number of carbonyl (C=O) groups excluding carboxylic acids is 2. The number of sulfonamides is 1. The molecule has 0 unspecified atom stereocenters. The minimum atomic E-state index is -4.09. The number of piperazine rings is 1. The maximum absolute atomic E-state index is 13.6. The predicted molar refractivity (Wildman–Crippen MR) is 107 cm³/mol. The van der Waals surface area contributed by atoms with Crippen molar-refractivity contribution in [2.45, 2.75) is 4.90 Å². The third-order valence-corrected chi connectivity index (χ3v) is 6.70. The molecule has 2 aromatic carbocycles. The lowest BCUT2D eigenvalue weighted by Crippen LogP contribution is -2.51. The summed E-state index contributed by atoms with van der Waals surface area (Å²) in [5.41, 5.74) is 0.0835. The summed E-state index contributed by atoms with van der Waals surface area (Å²) in [6.45, 7) is 0.897. The van der Waals surface area contributed by atoms with Crippen molar-refractivity contribution < 1.29 is 22.4 Å². The molecule has 3 rings (SSSR count). The highest BCUT2D eigenvalue weighted by molar-refractivity contribution is 7.92. The van der Waals surface area contributed by atoms with E-state index < -0.39 is 28.3 Å². The van der Waals surface area contributed by atoms with Gasteiger partial charge in [0, 0.05) is 26.2 Å². The summed E-state index contributed by atoms with van der Waals surface area (Å²) >= 11 is 5.84. The Morgan fingerprint density at radius 1 is 1.10 bits per heavy atom. The smallest absolute Gasteiger partial charge is 0.264 e. The number of nitrogens with zero attached hydrogens (tertiary/aromatic N) is 3. The van der Waals surface area contributed by atoms with Crippen LogP contribution in [-0.2, 0) is 19.6 Å². The molecular weight excluding hydrogens is 421 g/mol. The summed E-state index contributed by atoms with van der Waals surface area (Å²) in [6.07, 6.45) is 0.717. The van der Waals surface area contributed by atoms with Gasteiger partial charge >= 0.3 is 0 Å². The van der Waals surface area contributed by atoms with E-state index in [1.807, 2.05) is 0 Å². The fourth-order valence-corrected chi connectivity index (χ4v) is 4.58. The Labute approximate surface area is 173 Å². The second-order valence-corrected chi connectivity index (χ2v) is 8.71. The number of anilines is 1. The van der Waals surface area contributed by atoms with Crippen LogP contribution in [0.15, 0.2) is 53.4 Å². The minimum Gasteiger partial charge on any atom is -0.342 e. The molecule has 2 amide bonds. The van der Waals surface area contributed by atoms with Crippen LogP contribution in [0, 0.1) is 5.82 Å². The van der Waals surface area contributed by atoms with Crippen LogP contribution in [0.5, 0.6) is 0 Å². The van der Waals surface area contributed by atoms with Gasteiger partial charge in [-0.15, -0.1) is 0 Å². The molecule has 154 valence electrons. The molecule has 1 heterocycles.